The number of nitrogens with zero attached hydrogens (tertiary/aromatic N) is 2. The van der Waals surface area contributed by atoms with Crippen LogP contribution in [0.2, 0.25) is 5.02 Å². The normalized spacial score (nSPS) is 10.8. The molecule has 0 aliphatic rings. The second kappa shape index (κ2) is 5.89. The Kier molecular flexibility index (Phi) is 4.23. The maximum Gasteiger partial charge on any atom is 0.295 e. The van der Waals surface area contributed by atoms with Crippen molar-refractivity contribution in [2.24, 2.45) is 10.2 Å². The highest BCUT2D eigenvalue weighted by atomic mass is 79.9. The molecule has 0 bridgehead atoms. The molecule has 0 spiro atoms. The number of hydrogen-bond donors (Lipinski definition) is 0. The monoisotopic (exact) mass is 322 g/mol. The zero-order valence-corrected chi connectivity index (χ0v) is 11.5. The Morgan fingerprint density at radius 3 is 2.22 bits per heavy atom. The maximum atomic E-state index is 11.7. The van der Waals surface area contributed by atoms with Gasteiger partial charge in [-0.15, -0.1) is 10.2 Å². The molecule has 0 radical (unpaired) electrons. The first-order valence-electron chi connectivity index (χ1n) is 5.12. The van der Waals surface area contributed by atoms with E-state index in [0.29, 0.717) is 16.3 Å². The van der Waals surface area contributed by atoms with Gasteiger partial charge in [-0.1, -0.05) is 27.5 Å². The zero-order valence-electron chi connectivity index (χ0n) is 9.18. The van der Waals surface area contributed by atoms with Crippen molar-refractivity contribution in [3.63, 3.8) is 0 Å². The fraction of sp³-hybridized carbons (Fsp3) is 0. The molecular formula is C13H8BrClN2O. The standard InChI is InChI=1S/C13H8BrClN2O/c14-10-3-1-9(2-4-10)13(18)17-16-12-7-5-11(15)6-8-12/h1-8H. The molecule has 0 atom stereocenters. The third-order valence-electron chi connectivity index (χ3n) is 2.17. The topological polar surface area (TPSA) is 41.8 Å². The lowest BCUT2D eigenvalue weighted by molar-refractivity contribution is 0.0995. The highest BCUT2D eigenvalue weighted by Crippen LogP contribution is 2.17. The minimum atomic E-state index is -0.377. The minimum Gasteiger partial charge on any atom is -0.265 e. The van der Waals surface area contributed by atoms with Gasteiger partial charge in [-0.25, -0.2) is 0 Å². The largest absolute Gasteiger partial charge is 0.295 e. The van der Waals surface area contributed by atoms with E-state index in [4.69, 9.17) is 11.6 Å². The summed E-state index contributed by atoms with van der Waals surface area (Å²) < 4.78 is 0.911. The van der Waals surface area contributed by atoms with Gasteiger partial charge in [-0.3, -0.25) is 4.79 Å². The summed E-state index contributed by atoms with van der Waals surface area (Å²) in [6, 6.07) is 13.7. The lowest BCUT2D eigenvalue weighted by Gasteiger charge is -1.95. The first-order valence-corrected chi connectivity index (χ1v) is 6.29. The average molecular weight is 324 g/mol. The first-order chi connectivity index (χ1) is 8.65. The van der Waals surface area contributed by atoms with Gasteiger partial charge in [-0.2, -0.15) is 0 Å². The highest BCUT2D eigenvalue weighted by Gasteiger charge is 2.03. The molecule has 2 aromatic rings. The Bertz CT molecular complexity index is 579. The van der Waals surface area contributed by atoms with Crippen LogP contribution >= 0.6 is 27.5 Å². The molecule has 0 saturated carbocycles. The highest BCUT2D eigenvalue weighted by molar-refractivity contribution is 9.10. The van der Waals surface area contributed by atoms with Gasteiger partial charge < -0.3 is 0 Å². The Labute approximate surface area is 118 Å². The molecule has 5 heteroatoms. The van der Waals surface area contributed by atoms with E-state index in [1.807, 2.05) is 0 Å². The third kappa shape index (κ3) is 3.48. The molecule has 0 aromatic heterocycles. The molecule has 2 rings (SSSR count). The van der Waals surface area contributed by atoms with E-state index in [1.165, 1.54) is 0 Å². The fourth-order valence-electron chi connectivity index (χ4n) is 1.26. The second-order valence-corrected chi connectivity index (χ2v) is 4.84. The van der Waals surface area contributed by atoms with Crippen molar-refractivity contribution in [2.75, 3.05) is 0 Å². The van der Waals surface area contributed by atoms with Crippen LogP contribution in [0.3, 0.4) is 0 Å². The Hall–Kier alpha value is -1.52. The fourth-order valence-corrected chi connectivity index (χ4v) is 1.65. The van der Waals surface area contributed by atoms with Gasteiger partial charge in [0, 0.05) is 15.1 Å². The van der Waals surface area contributed by atoms with Crippen molar-refractivity contribution in [3.05, 3.63) is 63.6 Å². The molecule has 0 unspecified atom stereocenters. The average Bonchev–Trinajstić information content (AvgIpc) is 2.38. The molecule has 2 aromatic carbocycles. The summed E-state index contributed by atoms with van der Waals surface area (Å²) in [5.41, 5.74) is 1.08. The van der Waals surface area contributed by atoms with Crippen molar-refractivity contribution < 1.29 is 4.79 Å². The van der Waals surface area contributed by atoms with Gasteiger partial charge in [-0.05, 0) is 48.5 Å². The van der Waals surface area contributed by atoms with E-state index in [0.717, 1.165) is 4.47 Å². The molecule has 0 fully saturated rings. The molecule has 18 heavy (non-hydrogen) atoms. The van der Waals surface area contributed by atoms with Crippen LogP contribution in [0, 0.1) is 0 Å². The molecule has 0 N–H and O–H groups in total. The maximum absolute atomic E-state index is 11.7. The summed E-state index contributed by atoms with van der Waals surface area (Å²) in [6.07, 6.45) is 0. The van der Waals surface area contributed by atoms with Gasteiger partial charge in [0.15, 0.2) is 0 Å². The van der Waals surface area contributed by atoms with Crippen molar-refractivity contribution in [3.8, 4) is 0 Å². The quantitative estimate of drug-likeness (QED) is 0.715. The number of carbonyl (C=O) groups is 1. The summed E-state index contributed by atoms with van der Waals surface area (Å²) in [5, 5.41) is 8.12. The zero-order chi connectivity index (χ0) is 13.0. The number of rotatable bonds is 2. The van der Waals surface area contributed by atoms with Gasteiger partial charge in [0.2, 0.25) is 0 Å². The number of amides is 1. The summed E-state index contributed by atoms with van der Waals surface area (Å²) in [5.74, 6) is -0.377. The second-order valence-electron chi connectivity index (χ2n) is 3.49. The predicted octanol–water partition coefficient (Wildman–Crippen LogP) is 5.03. The predicted molar refractivity (Wildman–Crippen MR) is 74.4 cm³/mol. The first kappa shape index (κ1) is 12.9. The van der Waals surface area contributed by atoms with Crippen molar-refractivity contribution in [1.82, 2.24) is 0 Å². The van der Waals surface area contributed by atoms with E-state index < -0.39 is 0 Å². The molecule has 0 heterocycles. The van der Waals surface area contributed by atoms with Crippen molar-refractivity contribution >= 4 is 39.1 Å². The van der Waals surface area contributed by atoms with E-state index in [2.05, 4.69) is 26.2 Å². The Morgan fingerprint density at radius 1 is 1.00 bits per heavy atom. The molecule has 0 aliphatic carbocycles. The molecule has 3 nitrogen and oxygen atoms in total. The van der Waals surface area contributed by atoms with Crippen LogP contribution in [0.1, 0.15) is 10.4 Å². The van der Waals surface area contributed by atoms with Crippen LogP contribution in [-0.4, -0.2) is 5.91 Å². The molecule has 90 valence electrons. The van der Waals surface area contributed by atoms with Crippen LogP contribution in [0.5, 0.6) is 0 Å². The van der Waals surface area contributed by atoms with Gasteiger partial charge in [0.1, 0.15) is 0 Å². The summed E-state index contributed by atoms with van der Waals surface area (Å²) in [7, 11) is 0. The number of azo groups is 1. The van der Waals surface area contributed by atoms with Crippen molar-refractivity contribution in [1.29, 1.82) is 0 Å². The number of benzene rings is 2. The van der Waals surface area contributed by atoms with Crippen LogP contribution in [-0.2, 0) is 0 Å². The molecule has 1 amide bonds. The van der Waals surface area contributed by atoms with Crippen molar-refractivity contribution in [2.45, 2.75) is 0 Å². The van der Waals surface area contributed by atoms with Gasteiger partial charge in [0.05, 0.1) is 5.69 Å². The van der Waals surface area contributed by atoms with Gasteiger partial charge in [0.25, 0.3) is 5.91 Å². The van der Waals surface area contributed by atoms with E-state index in [-0.39, 0.29) is 5.91 Å². The summed E-state index contributed by atoms with van der Waals surface area (Å²) in [4.78, 5) is 11.7. The lowest BCUT2D eigenvalue weighted by atomic mass is 10.2. The number of carbonyl (C=O) groups excluding carboxylic acids is 1. The third-order valence-corrected chi connectivity index (χ3v) is 2.95. The minimum absolute atomic E-state index is 0.377. The lowest BCUT2D eigenvalue weighted by Crippen LogP contribution is -1.92. The summed E-state index contributed by atoms with van der Waals surface area (Å²) >= 11 is 9.04. The van der Waals surface area contributed by atoms with E-state index >= 15 is 0 Å². The van der Waals surface area contributed by atoms with Gasteiger partial charge >= 0.3 is 0 Å². The van der Waals surface area contributed by atoms with Crippen LogP contribution in [0.4, 0.5) is 5.69 Å². The number of hydrogen-bond acceptors (Lipinski definition) is 2. The SMILES string of the molecule is O=C(N=Nc1ccc(Cl)cc1)c1ccc(Br)cc1. The molecule has 0 aliphatic heterocycles. The van der Waals surface area contributed by atoms with Crippen LogP contribution < -0.4 is 0 Å². The van der Waals surface area contributed by atoms with Crippen LogP contribution in [0.15, 0.2) is 63.2 Å². The Balaban J connectivity index is 2.11. The summed E-state index contributed by atoms with van der Waals surface area (Å²) in [6.45, 7) is 0. The molecule has 0 saturated heterocycles. The van der Waals surface area contributed by atoms with E-state index in [9.17, 15) is 4.79 Å². The number of halogens is 2. The Morgan fingerprint density at radius 2 is 1.61 bits per heavy atom. The smallest absolute Gasteiger partial charge is 0.265 e. The van der Waals surface area contributed by atoms with Crippen LogP contribution in [0.25, 0.3) is 0 Å². The molecular weight excluding hydrogens is 316 g/mol. The van der Waals surface area contributed by atoms with E-state index in [1.54, 1.807) is 48.5 Å².